The molecule has 0 atom stereocenters. The third-order valence-corrected chi connectivity index (χ3v) is 6.91. The van der Waals surface area contributed by atoms with Gasteiger partial charge in [0.05, 0.1) is 23.1 Å². The molecule has 0 saturated heterocycles. The highest BCUT2D eigenvalue weighted by Crippen LogP contribution is 2.31. The fourth-order valence-electron chi connectivity index (χ4n) is 2.37. The average molecular weight is 401 g/mol. The summed E-state index contributed by atoms with van der Waals surface area (Å²) < 4.78 is 7.34. The number of thioether (sulfide) groups is 1. The first kappa shape index (κ1) is 17.3. The Balaban J connectivity index is 1.32. The summed E-state index contributed by atoms with van der Waals surface area (Å²) >= 11 is 4.97. The number of aromatic nitrogens is 3. The lowest BCUT2D eigenvalue weighted by Crippen LogP contribution is -1.98. The number of thiazole rings is 1. The lowest BCUT2D eigenvalue weighted by Gasteiger charge is -2.03. The van der Waals surface area contributed by atoms with Crippen molar-refractivity contribution in [3.05, 3.63) is 59.1 Å². The first-order valence-electron chi connectivity index (χ1n) is 7.98. The molecule has 2 aromatic carbocycles. The van der Waals surface area contributed by atoms with Crippen molar-refractivity contribution in [1.29, 1.82) is 0 Å². The number of fused-ring (bicyclic) bond motifs is 1. The summed E-state index contributed by atoms with van der Waals surface area (Å²) in [5.74, 6) is 1.67. The van der Waals surface area contributed by atoms with E-state index in [1.54, 1.807) is 41.5 Å². The maximum absolute atomic E-state index is 5.17. The summed E-state index contributed by atoms with van der Waals surface area (Å²) in [4.78, 5) is 4.65. The Morgan fingerprint density at radius 1 is 1.04 bits per heavy atom. The van der Waals surface area contributed by atoms with Gasteiger partial charge in [0.1, 0.15) is 10.8 Å². The largest absolute Gasteiger partial charge is 0.497 e. The van der Waals surface area contributed by atoms with Crippen molar-refractivity contribution in [2.45, 2.75) is 16.6 Å². The molecule has 5 nitrogen and oxygen atoms in total. The molecule has 2 heterocycles. The fourth-order valence-corrected chi connectivity index (χ4v) is 5.07. The number of methoxy groups -OCH3 is 1. The Bertz CT molecular complexity index is 964. The van der Waals surface area contributed by atoms with Gasteiger partial charge in [0.25, 0.3) is 0 Å². The molecule has 0 saturated carbocycles. The van der Waals surface area contributed by atoms with E-state index in [1.165, 1.54) is 10.3 Å². The second-order valence-corrected chi connectivity index (χ2v) is 8.75. The Kier molecular flexibility index (Phi) is 5.33. The van der Waals surface area contributed by atoms with Crippen LogP contribution < -0.4 is 10.1 Å². The smallest absolute Gasteiger partial charge is 0.206 e. The molecule has 0 amide bonds. The molecule has 0 bridgehead atoms. The Morgan fingerprint density at radius 2 is 1.88 bits per heavy atom. The predicted molar refractivity (Wildman–Crippen MR) is 109 cm³/mol. The zero-order valence-electron chi connectivity index (χ0n) is 14.0. The van der Waals surface area contributed by atoms with Gasteiger partial charge in [-0.1, -0.05) is 47.4 Å². The van der Waals surface area contributed by atoms with Crippen molar-refractivity contribution >= 4 is 49.8 Å². The van der Waals surface area contributed by atoms with Gasteiger partial charge < -0.3 is 10.1 Å². The summed E-state index contributed by atoms with van der Waals surface area (Å²) in [5.41, 5.74) is 2.23. The first-order valence-corrected chi connectivity index (χ1v) is 10.6. The van der Waals surface area contributed by atoms with Crippen LogP contribution >= 0.6 is 34.4 Å². The summed E-state index contributed by atoms with van der Waals surface area (Å²) in [5, 5.41) is 13.7. The molecule has 0 aliphatic rings. The number of hydrogen-bond acceptors (Lipinski definition) is 8. The average Bonchev–Trinajstić information content (AvgIpc) is 3.31. The number of ether oxygens (including phenoxy) is 1. The normalized spacial score (nSPS) is 11.0. The highest BCUT2D eigenvalue weighted by Gasteiger charge is 2.08. The maximum Gasteiger partial charge on any atom is 0.206 e. The Labute approximate surface area is 163 Å². The van der Waals surface area contributed by atoms with E-state index in [9.17, 15) is 0 Å². The van der Waals surface area contributed by atoms with Crippen molar-refractivity contribution in [2.75, 3.05) is 12.4 Å². The molecule has 4 aromatic rings. The minimum Gasteiger partial charge on any atom is -0.497 e. The third-order valence-electron chi connectivity index (χ3n) is 3.67. The molecular formula is C18H16N4OS3. The lowest BCUT2D eigenvalue weighted by molar-refractivity contribution is 0.414. The Hall–Kier alpha value is -2.16. The van der Waals surface area contributed by atoms with Gasteiger partial charge in [-0.05, 0) is 29.8 Å². The quantitative estimate of drug-likeness (QED) is 0.438. The number of anilines is 1. The van der Waals surface area contributed by atoms with Crippen LogP contribution in [0, 0.1) is 0 Å². The second-order valence-electron chi connectivity index (χ2n) is 5.44. The van der Waals surface area contributed by atoms with E-state index in [0.717, 1.165) is 31.5 Å². The van der Waals surface area contributed by atoms with Crippen molar-refractivity contribution < 1.29 is 4.74 Å². The van der Waals surface area contributed by atoms with Crippen LogP contribution in [0.2, 0.25) is 0 Å². The molecule has 0 unspecified atom stereocenters. The zero-order chi connectivity index (χ0) is 17.8. The number of benzene rings is 2. The van der Waals surface area contributed by atoms with Crippen LogP contribution in [0.5, 0.6) is 5.75 Å². The van der Waals surface area contributed by atoms with Crippen molar-refractivity contribution in [2.24, 2.45) is 0 Å². The van der Waals surface area contributed by atoms with Gasteiger partial charge in [-0.3, -0.25) is 0 Å². The summed E-state index contributed by atoms with van der Waals surface area (Å²) in [6.07, 6.45) is 0. The zero-order valence-corrected chi connectivity index (χ0v) is 16.5. The van der Waals surface area contributed by atoms with Gasteiger partial charge in [0.2, 0.25) is 5.13 Å². The molecule has 0 spiro atoms. The van der Waals surface area contributed by atoms with E-state index >= 15 is 0 Å². The summed E-state index contributed by atoms with van der Waals surface area (Å²) in [6.45, 7) is 0.709. The van der Waals surface area contributed by atoms with Crippen molar-refractivity contribution in [1.82, 2.24) is 15.2 Å². The van der Waals surface area contributed by atoms with E-state index in [-0.39, 0.29) is 0 Å². The Morgan fingerprint density at radius 3 is 2.69 bits per heavy atom. The van der Waals surface area contributed by atoms with Crippen molar-refractivity contribution in [3.8, 4) is 5.75 Å². The lowest BCUT2D eigenvalue weighted by atomic mass is 10.2. The first-order chi connectivity index (χ1) is 12.8. The maximum atomic E-state index is 5.17. The van der Waals surface area contributed by atoms with E-state index in [4.69, 9.17) is 4.74 Å². The van der Waals surface area contributed by atoms with Crippen LogP contribution in [0.1, 0.15) is 10.6 Å². The molecule has 4 rings (SSSR count). The number of para-hydroxylation sites is 1. The fraction of sp³-hybridized carbons (Fsp3) is 0.167. The van der Waals surface area contributed by atoms with Gasteiger partial charge in [0.15, 0.2) is 4.34 Å². The van der Waals surface area contributed by atoms with Gasteiger partial charge in [-0.2, -0.15) is 0 Å². The van der Waals surface area contributed by atoms with E-state index in [1.807, 2.05) is 42.5 Å². The molecule has 0 fully saturated rings. The van der Waals surface area contributed by atoms with E-state index < -0.39 is 0 Å². The minimum absolute atomic E-state index is 0.709. The molecule has 0 aliphatic carbocycles. The van der Waals surface area contributed by atoms with E-state index in [0.29, 0.717) is 6.54 Å². The highest BCUT2D eigenvalue weighted by atomic mass is 32.2. The number of nitrogens with zero attached hydrogens (tertiary/aromatic N) is 3. The third kappa shape index (κ3) is 4.14. The van der Waals surface area contributed by atoms with Gasteiger partial charge >= 0.3 is 0 Å². The monoisotopic (exact) mass is 400 g/mol. The second kappa shape index (κ2) is 8.03. The molecule has 0 aliphatic heterocycles. The molecular weight excluding hydrogens is 384 g/mol. The molecule has 8 heteroatoms. The minimum atomic E-state index is 0.709. The number of nitrogens with one attached hydrogen (secondary N) is 1. The standard InChI is InChI=1S/C18H16N4OS3/c1-23-13-8-6-12(7-9-13)10-19-17-21-22-18(26-17)24-11-16-20-14-4-2-3-5-15(14)25-16/h2-9H,10-11H2,1H3,(H,19,21). The molecule has 26 heavy (non-hydrogen) atoms. The summed E-state index contributed by atoms with van der Waals surface area (Å²) in [7, 11) is 1.67. The molecule has 132 valence electrons. The van der Waals surface area contributed by atoms with Crippen molar-refractivity contribution in [3.63, 3.8) is 0 Å². The van der Waals surface area contributed by atoms with Gasteiger partial charge in [-0.15, -0.1) is 21.5 Å². The molecule has 0 radical (unpaired) electrons. The highest BCUT2D eigenvalue weighted by molar-refractivity contribution is 8.00. The van der Waals surface area contributed by atoms with E-state index in [2.05, 4.69) is 26.6 Å². The SMILES string of the molecule is COc1ccc(CNc2nnc(SCc3nc4ccccc4s3)s2)cc1. The molecule has 1 N–H and O–H groups in total. The predicted octanol–water partition coefficient (Wildman–Crippen LogP) is 5.06. The van der Waals surface area contributed by atoms with Gasteiger partial charge in [-0.25, -0.2) is 4.98 Å². The van der Waals surface area contributed by atoms with Gasteiger partial charge in [0, 0.05) is 6.54 Å². The summed E-state index contributed by atoms with van der Waals surface area (Å²) in [6, 6.07) is 16.2. The molecule has 2 aromatic heterocycles. The van der Waals surface area contributed by atoms with Crippen LogP contribution in [0.15, 0.2) is 52.9 Å². The number of rotatable bonds is 7. The number of hydrogen-bond donors (Lipinski definition) is 1. The van der Waals surface area contributed by atoms with Crippen LogP contribution in [-0.4, -0.2) is 22.3 Å². The van der Waals surface area contributed by atoms with Crippen LogP contribution in [0.3, 0.4) is 0 Å². The topological polar surface area (TPSA) is 59.9 Å². The van der Waals surface area contributed by atoms with Crippen LogP contribution in [0.4, 0.5) is 5.13 Å². The van der Waals surface area contributed by atoms with Crippen LogP contribution in [0.25, 0.3) is 10.2 Å². The van der Waals surface area contributed by atoms with Crippen LogP contribution in [-0.2, 0) is 12.3 Å².